The quantitative estimate of drug-likeness (QED) is 0.247. The molecule has 0 spiro atoms. The molecular weight excluding hydrogens is 516 g/mol. The van der Waals surface area contributed by atoms with Crippen molar-refractivity contribution in [2.45, 2.75) is 0 Å². The van der Waals surface area contributed by atoms with Crippen molar-refractivity contribution in [3.8, 4) is 23.0 Å². The van der Waals surface area contributed by atoms with E-state index in [0.29, 0.717) is 45.3 Å². The van der Waals surface area contributed by atoms with E-state index in [1.807, 2.05) is 24.3 Å². The second kappa shape index (κ2) is 11.0. The average Bonchev–Trinajstić information content (AvgIpc) is 3.16. The van der Waals surface area contributed by atoms with Crippen LogP contribution in [0.3, 0.4) is 0 Å². The van der Waals surface area contributed by atoms with E-state index in [1.165, 1.54) is 18.2 Å². The van der Waals surface area contributed by atoms with Crippen molar-refractivity contribution >= 4 is 39.5 Å². The number of rotatable bonds is 9. The van der Waals surface area contributed by atoms with Gasteiger partial charge in [0.1, 0.15) is 30.3 Å². The molecule has 3 aromatic rings. The maximum Gasteiger partial charge on any atom is 0.282 e. The highest BCUT2D eigenvalue weighted by atomic mass is 79.9. The number of hydrogen-bond acceptors (Lipinski definition) is 6. The van der Waals surface area contributed by atoms with E-state index in [0.717, 1.165) is 0 Å². The minimum Gasteiger partial charge on any atom is -0.497 e. The number of benzene rings is 3. The van der Waals surface area contributed by atoms with Gasteiger partial charge in [-0.25, -0.2) is 5.01 Å². The molecule has 35 heavy (non-hydrogen) atoms. The molecule has 1 saturated heterocycles. The highest BCUT2D eigenvalue weighted by Gasteiger charge is 2.34. The number of hydrazine groups is 1. The SMILES string of the molecule is COc1cccc(OCCOc2c(Br)cc(C=C3C(=O)NN(c4ccccc4)C3=O)cc2OC)c1. The summed E-state index contributed by atoms with van der Waals surface area (Å²) >= 11 is 3.50. The first-order valence-corrected chi connectivity index (χ1v) is 11.5. The van der Waals surface area contributed by atoms with Gasteiger partial charge in [-0.15, -0.1) is 0 Å². The van der Waals surface area contributed by atoms with E-state index in [1.54, 1.807) is 49.6 Å². The molecule has 2 amide bonds. The smallest absolute Gasteiger partial charge is 0.282 e. The number of nitrogens with zero attached hydrogens (tertiary/aromatic N) is 1. The molecule has 0 unspecified atom stereocenters. The molecule has 0 saturated carbocycles. The molecule has 9 heteroatoms. The Morgan fingerprint density at radius 3 is 2.37 bits per heavy atom. The third kappa shape index (κ3) is 5.58. The van der Waals surface area contributed by atoms with Crippen molar-refractivity contribution < 1.29 is 28.5 Å². The maximum absolute atomic E-state index is 12.8. The largest absolute Gasteiger partial charge is 0.497 e. The van der Waals surface area contributed by atoms with E-state index in [4.69, 9.17) is 18.9 Å². The summed E-state index contributed by atoms with van der Waals surface area (Å²) in [7, 11) is 3.11. The molecule has 180 valence electrons. The monoisotopic (exact) mass is 538 g/mol. The van der Waals surface area contributed by atoms with E-state index in [-0.39, 0.29) is 12.2 Å². The van der Waals surface area contributed by atoms with Gasteiger partial charge in [-0.1, -0.05) is 24.3 Å². The van der Waals surface area contributed by atoms with Crippen LogP contribution in [0.1, 0.15) is 5.56 Å². The van der Waals surface area contributed by atoms with Crippen LogP contribution in [0.5, 0.6) is 23.0 Å². The van der Waals surface area contributed by atoms with Gasteiger partial charge in [-0.05, 0) is 64.0 Å². The van der Waals surface area contributed by atoms with E-state index in [9.17, 15) is 9.59 Å². The van der Waals surface area contributed by atoms with E-state index >= 15 is 0 Å². The molecule has 0 aromatic heterocycles. The van der Waals surface area contributed by atoms with Crippen molar-refractivity contribution in [1.82, 2.24) is 5.43 Å². The van der Waals surface area contributed by atoms with Crippen LogP contribution in [0, 0.1) is 0 Å². The molecule has 1 aliphatic heterocycles. The van der Waals surface area contributed by atoms with Gasteiger partial charge in [0.2, 0.25) is 0 Å². The first-order chi connectivity index (χ1) is 17.0. The first-order valence-electron chi connectivity index (χ1n) is 10.7. The first kappa shape index (κ1) is 24.2. The number of ether oxygens (including phenoxy) is 4. The van der Waals surface area contributed by atoms with Gasteiger partial charge in [-0.2, -0.15) is 0 Å². The summed E-state index contributed by atoms with van der Waals surface area (Å²) in [6.07, 6.45) is 1.52. The molecule has 1 fully saturated rings. The molecular formula is C26H23BrN2O6. The van der Waals surface area contributed by atoms with Crippen molar-refractivity contribution in [2.24, 2.45) is 0 Å². The standard InChI is InChI=1S/C26H23BrN2O6/c1-32-19-9-6-10-20(16-19)34-11-12-35-24-22(27)14-17(15-23(24)33-2)13-21-25(30)28-29(26(21)31)18-7-4-3-5-8-18/h3-10,13-16H,11-12H2,1-2H3,(H,28,30). The zero-order chi connectivity index (χ0) is 24.8. The fourth-order valence-electron chi connectivity index (χ4n) is 3.44. The number of hydrogen-bond donors (Lipinski definition) is 1. The second-order valence-corrected chi connectivity index (χ2v) is 8.24. The van der Waals surface area contributed by atoms with Crippen LogP contribution < -0.4 is 29.4 Å². The number of nitrogens with one attached hydrogen (secondary N) is 1. The normalized spacial score (nSPS) is 14.1. The van der Waals surface area contributed by atoms with Crippen LogP contribution in [-0.4, -0.2) is 39.2 Å². The number of halogens is 1. The Morgan fingerprint density at radius 2 is 1.63 bits per heavy atom. The van der Waals surface area contributed by atoms with Gasteiger partial charge < -0.3 is 18.9 Å². The lowest BCUT2D eigenvalue weighted by Crippen LogP contribution is -2.35. The summed E-state index contributed by atoms with van der Waals surface area (Å²) in [6.45, 7) is 0.568. The zero-order valence-electron chi connectivity index (χ0n) is 19.1. The Kier molecular flexibility index (Phi) is 7.57. The predicted octanol–water partition coefficient (Wildman–Crippen LogP) is 4.39. The minimum atomic E-state index is -0.482. The zero-order valence-corrected chi connectivity index (χ0v) is 20.7. The number of methoxy groups -OCH3 is 2. The summed E-state index contributed by atoms with van der Waals surface area (Å²) in [6, 6.07) is 19.6. The molecule has 0 aliphatic carbocycles. The Hall–Kier alpha value is -3.98. The average molecular weight is 539 g/mol. The fourth-order valence-corrected chi connectivity index (χ4v) is 4.01. The highest BCUT2D eigenvalue weighted by molar-refractivity contribution is 9.10. The van der Waals surface area contributed by atoms with E-state index in [2.05, 4.69) is 21.4 Å². The van der Waals surface area contributed by atoms with Gasteiger partial charge in [0.05, 0.1) is 24.4 Å². The Morgan fingerprint density at radius 1 is 0.886 bits per heavy atom. The third-order valence-corrected chi connectivity index (χ3v) is 5.70. The van der Waals surface area contributed by atoms with Gasteiger partial charge in [0, 0.05) is 6.07 Å². The van der Waals surface area contributed by atoms with Crippen molar-refractivity contribution in [3.05, 3.63) is 82.3 Å². The molecule has 1 aliphatic rings. The summed E-state index contributed by atoms with van der Waals surface area (Å²) in [4.78, 5) is 25.3. The van der Waals surface area contributed by atoms with Crippen LogP contribution in [0.25, 0.3) is 6.08 Å². The van der Waals surface area contributed by atoms with Crippen LogP contribution >= 0.6 is 15.9 Å². The maximum atomic E-state index is 12.8. The van der Waals surface area contributed by atoms with Crippen LogP contribution in [0.15, 0.2) is 76.8 Å². The Labute approximate surface area is 211 Å². The molecule has 8 nitrogen and oxygen atoms in total. The lowest BCUT2D eigenvalue weighted by Gasteiger charge is -2.14. The number of anilines is 1. The summed E-state index contributed by atoms with van der Waals surface area (Å²) in [5.41, 5.74) is 3.78. The Balaban J connectivity index is 1.46. The lowest BCUT2D eigenvalue weighted by molar-refractivity contribution is -0.117. The van der Waals surface area contributed by atoms with Gasteiger partial charge in [0.15, 0.2) is 11.5 Å². The summed E-state index contributed by atoms with van der Waals surface area (Å²) in [5, 5.41) is 1.22. The van der Waals surface area contributed by atoms with Crippen molar-refractivity contribution in [3.63, 3.8) is 0 Å². The number of carbonyl (C=O) groups is 2. The molecule has 3 aromatic carbocycles. The fraction of sp³-hybridized carbons (Fsp3) is 0.154. The third-order valence-electron chi connectivity index (χ3n) is 5.11. The molecule has 0 bridgehead atoms. The van der Waals surface area contributed by atoms with Crippen molar-refractivity contribution in [1.29, 1.82) is 0 Å². The number of amides is 2. The Bertz CT molecular complexity index is 1260. The molecule has 0 radical (unpaired) electrons. The summed E-state index contributed by atoms with van der Waals surface area (Å²) in [5.74, 6) is 1.38. The van der Waals surface area contributed by atoms with Gasteiger partial charge in [-0.3, -0.25) is 15.0 Å². The van der Waals surface area contributed by atoms with Crippen LogP contribution in [0.2, 0.25) is 0 Å². The minimum absolute atomic E-state index is 0.0168. The second-order valence-electron chi connectivity index (χ2n) is 7.39. The van der Waals surface area contributed by atoms with Crippen LogP contribution in [0.4, 0.5) is 5.69 Å². The highest BCUT2D eigenvalue weighted by Crippen LogP contribution is 2.37. The van der Waals surface area contributed by atoms with Gasteiger partial charge in [0.25, 0.3) is 11.8 Å². The van der Waals surface area contributed by atoms with Crippen LogP contribution in [-0.2, 0) is 9.59 Å². The lowest BCUT2D eigenvalue weighted by atomic mass is 10.1. The molecule has 0 atom stereocenters. The number of carbonyl (C=O) groups excluding carboxylic acids is 2. The molecule has 1 heterocycles. The van der Waals surface area contributed by atoms with Gasteiger partial charge >= 0.3 is 0 Å². The van der Waals surface area contributed by atoms with Crippen molar-refractivity contribution in [2.75, 3.05) is 32.4 Å². The molecule has 1 N–H and O–H groups in total. The number of para-hydroxylation sites is 1. The molecule has 4 rings (SSSR count). The summed E-state index contributed by atoms with van der Waals surface area (Å²) < 4.78 is 22.9. The van der Waals surface area contributed by atoms with E-state index < -0.39 is 11.8 Å². The topological polar surface area (TPSA) is 86.3 Å². The predicted molar refractivity (Wildman–Crippen MR) is 135 cm³/mol.